The number of carbonyl (C=O) groups excluding carboxylic acids is 1. The van der Waals surface area contributed by atoms with Crippen molar-refractivity contribution in [2.75, 3.05) is 19.8 Å². The zero-order valence-electron chi connectivity index (χ0n) is 14.5. The Morgan fingerprint density at radius 1 is 1.17 bits per heavy atom. The van der Waals surface area contributed by atoms with Crippen molar-refractivity contribution in [1.82, 2.24) is 0 Å². The minimum Gasteiger partial charge on any atom is -0.460 e. The first-order chi connectivity index (χ1) is 11.3. The van der Waals surface area contributed by atoms with Crippen molar-refractivity contribution in [3.63, 3.8) is 0 Å². The second-order valence-electron chi connectivity index (χ2n) is 5.54. The van der Waals surface area contributed by atoms with Crippen molar-refractivity contribution in [1.29, 1.82) is 0 Å². The lowest BCUT2D eigenvalue weighted by Gasteiger charge is -2.17. The van der Waals surface area contributed by atoms with Gasteiger partial charge in [-0.2, -0.15) is 8.42 Å². The van der Waals surface area contributed by atoms with Gasteiger partial charge in [-0.15, -0.1) is 0 Å². The van der Waals surface area contributed by atoms with E-state index in [1.807, 2.05) is 13.8 Å². The van der Waals surface area contributed by atoms with E-state index in [4.69, 9.17) is 13.7 Å². The van der Waals surface area contributed by atoms with Crippen LogP contribution in [0.1, 0.15) is 38.7 Å². The fourth-order valence-electron chi connectivity index (χ4n) is 2.02. The number of hydrogen-bond acceptors (Lipinski definition) is 6. The fourth-order valence-corrected chi connectivity index (χ4v) is 2.97. The highest BCUT2D eigenvalue weighted by atomic mass is 32.2. The van der Waals surface area contributed by atoms with E-state index >= 15 is 0 Å². The second kappa shape index (κ2) is 10.4. The van der Waals surface area contributed by atoms with Crippen LogP contribution in [0, 0.1) is 6.92 Å². The molecule has 0 N–H and O–H groups in total. The Hall–Kier alpha value is -1.44. The number of rotatable bonds is 11. The Balaban J connectivity index is 2.43. The summed E-state index contributed by atoms with van der Waals surface area (Å²) in [5.74, 6) is -0.381. The molecule has 0 aliphatic carbocycles. The Labute approximate surface area is 144 Å². The van der Waals surface area contributed by atoms with Crippen LogP contribution in [-0.4, -0.2) is 40.3 Å². The topological polar surface area (TPSA) is 78.9 Å². The molecule has 0 aliphatic rings. The van der Waals surface area contributed by atoms with E-state index in [1.54, 1.807) is 12.1 Å². The van der Waals surface area contributed by atoms with Gasteiger partial charge in [0.2, 0.25) is 0 Å². The standard InChI is InChI=1S/C17H26O6S/c1-4-11-21-13-16(23-15(3)18)6-5-12-22-24(19,20)17-9-7-14(2)8-10-17/h7-10,16H,4-6,11-13H2,1-3H3. The molecule has 1 aromatic carbocycles. The largest absolute Gasteiger partial charge is 0.460 e. The number of esters is 1. The molecular formula is C17H26O6S. The predicted molar refractivity (Wildman–Crippen MR) is 90.2 cm³/mol. The van der Waals surface area contributed by atoms with E-state index in [2.05, 4.69) is 0 Å². The van der Waals surface area contributed by atoms with Crippen molar-refractivity contribution in [3.05, 3.63) is 29.8 Å². The lowest BCUT2D eigenvalue weighted by molar-refractivity contribution is -0.150. The van der Waals surface area contributed by atoms with Crippen LogP contribution in [0.4, 0.5) is 0 Å². The second-order valence-corrected chi connectivity index (χ2v) is 7.15. The molecule has 0 fully saturated rings. The predicted octanol–water partition coefficient (Wildman–Crippen LogP) is 2.84. The van der Waals surface area contributed by atoms with Crippen molar-refractivity contribution >= 4 is 16.1 Å². The van der Waals surface area contributed by atoms with Crippen molar-refractivity contribution in [3.8, 4) is 0 Å². The minimum atomic E-state index is -3.76. The zero-order chi connectivity index (χ0) is 18.0. The van der Waals surface area contributed by atoms with Gasteiger partial charge in [0.15, 0.2) is 0 Å². The maximum absolute atomic E-state index is 12.0. The summed E-state index contributed by atoms with van der Waals surface area (Å²) in [7, 11) is -3.76. The molecule has 1 rings (SSSR count). The monoisotopic (exact) mass is 358 g/mol. The van der Waals surface area contributed by atoms with Crippen molar-refractivity contribution in [2.45, 2.75) is 51.0 Å². The van der Waals surface area contributed by atoms with E-state index in [0.717, 1.165) is 12.0 Å². The summed E-state index contributed by atoms with van der Waals surface area (Å²) in [5, 5.41) is 0. The highest BCUT2D eigenvalue weighted by Gasteiger charge is 2.16. The molecule has 0 spiro atoms. The van der Waals surface area contributed by atoms with Gasteiger partial charge < -0.3 is 9.47 Å². The maximum atomic E-state index is 12.0. The maximum Gasteiger partial charge on any atom is 0.302 e. The number of ether oxygens (including phenoxy) is 2. The molecule has 136 valence electrons. The lowest BCUT2D eigenvalue weighted by Crippen LogP contribution is -2.23. The van der Waals surface area contributed by atoms with Crippen molar-refractivity contribution in [2.24, 2.45) is 0 Å². The third-order valence-corrected chi connectivity index (χ3v) is 4.53. The van der Waals surface area contributed by atoms with Gasteiger partial charge in [0.05, 0.1) is 18.1 Å². The van der Waals surface area contributed by atoms with E-state index in [9.17, 15) is 13.2 Å². The third kappa shape index (κ3) is 7.90. The van der Waals surface area contributed by atoms with Gasteiger partial charge in [0, 0.05) is 13.5 Å². The third-order valence-electron chi connectivity index (χ3n) is 3.20. The number of aryl methyl sites for hydroxylation is 1. The van der Waals surface area contributed by atoms with Gasteiger partial charge in [-0.25, -0.2) is 0 Å². The number of benzene rings is 1. The molecule has 0 aliphatic heterocycles. The Bertz CT molecular complexity index is 594. The van der Waals surface area contributed by atoms with E-state index < -0.39 is 10.1 Å². The SMILES string of the molecule is CCCOCC(CCCOS(=O)(=O)c1ccc(C)cc1)OC(C)=O. The highest BCUT2D eigenvalue weighted by molar-refractivity contribution is 7.86. The Morgan fingerprint density at radius 3 is 2.42 bits per heavy atom. The molecule has 0 heterocycles. The number of hydrogen-bond donors (Lipinski definition) is 0. The van der Waals surface area contributed by atoms with Crippen LogP contribution in [0.2, 0.25) is 0 Å². The van der Waals surface area contributed by atoms with E-state index in [0.29, 0.717) is 26.1 Å². The molecular weight excluding hydrogens is 332 g/mol. The Morgan fingerprint density at radius 2 is 1.83 bits per heavy atom. The summed E-state index contributed by atoms with van der Waals surface area (Å²) in [6.45, 7) is 6.14. The number of carbonyl (C=O) groups is 1. The summed E-state index contributed by atoms with van der Waals surface area (Å²) in [6.07, 6.45) is 1.41. The van der Waals surface area contributed by atoms with Gasteiger partial charge in [-0.3, -0.25) is 8.98 Å². The van der Waals surface area contributed by atoms with E-state index in [-0.39, 0.29) is 23.6 Å². The molecule has 0 saturated carbocycles. The molecule has 1 aromatic rings. The van der Waals surface area contributed by atoms with Crippen LogP contribution in [-0.2, 0) is 28.6 Å². The van der Waals surface area contributed by atoms with Crippen LogP contribution in [0.15, 0.2) is 29.2 Å². The van der Waals surface area contributed by atoms with Gasteiger partial charge >= 0.3 is 5.97 Å². The molecule has 24 heavy (non-hydrogen) atoms. The normalized spacial score (nSPS) is 12.8. The van der Waals surface area contributed by atoms with Crippen molar-refractivity contribution < 1.29 is 26.9 Å². The van der Waals surface area contributed by atoms with Crippen LogP contribution >= 0.6 is 0 Å². The summed E-state index contributed by atoms with van der Waals surface area (Å²) in [5.41, 5.74) is 0.977. The molecule has 0 radical (unpaired) electrons. The zero-order valence-corrected chi connectivity index (χ0v) is 15.3. The molecule has 6 nitrogen and oxygen atoms in total. The summed E-state index contributed by atoms with van der Waals surface area (Å²) in [4.78, 5) is 11.2. The minimum absolute atomic E-state index is 0.0295. The average Bonchev–Trinajstić information content (AvgIpc) is 2.51. The van der Waals surface area contributed by atoms with Crippen LogP contribution in [0.5, 0.6) is 0 Å². The molecule has 0 aromatic heterocycles. The van der Waals surface area contributed by atoms with Crippen LogP contribution < -0.4 is 0 Å². The van der Waals surface area contributed by atoms with Gasteiger partial charge in [-0.05, 0) is 38.3 Å². The van der Waals surface area contributed by atoms with Crippen LogP contribution in [0.3, 0.4) is 0 Å². The first-order valence-electron chi connectivity index (χ1n) is 8.06. The molecule has 0 saturated heterocycles. The first kappa shape index (κ1) is 20.6. The lowest BCUT2D eigenvalue weighted by atomic mass is 10.2. The summed E-state index contributed by atoms with van der Waals surface area (Å²) >= 11 is 0. The fraction of sp³-hybridized carbons (Fsp3) is 0.588. The van der Waals surface area contributed by atoms with E-state index in [1.165, 1.54) is 19.1 Å². The molecule has 0 bridgehead atoms. The smallest absolute Gasteiger partial charge is 0.302 e. The molecule has 1 unspecified atom stereocenters. The quantitative estimate of drug-likeness (QED) is 0.344. The highest BCUT2D eigenvalue weighted by Crippen LogP contribution is 2.14. The van der Waals surface area contributed by atoms with Crippen LogP contribution in [0.25, 0.3) is 0 Å². The Kier molecular flexibility index (Phi) is 8.95. The van der Waals surface area contributed by atoms with Gasteiger partial charge in [0.25, 0.3) is 10.1 Å². The average molecular weight is 358 g/mol. The summed E-state index contributed by atoms with van der Waals surface area (Å²) < 4.78 is 39.7. The molecule has 7 heteroatoms. The molecule has 1 atom stereocenters. The molecule has 0 amide bonds. The summed E-state index contributed by atoms with van der Waals surface area (Å²) in [6, 6.07) is 6.48. The van der Waals surface area contributed by atoms with Gasteiger partial charge in [0.1, 0.15) is 6.10 Å². The van der Waals surface area contributed by atoms with Gasteiger partial charge in [-0.1, -0.05) is 24.6 Å². The first-order valence-corrected chi connectivity index (χ1v) is 9.47.